The highest BCUT2D eigenvalue weighted by atomic mass is 16.5. The van der Waals surface area contributed by atoms with Crippen molar-refractivity contribution in [3.8, 4) is 0 Å². The van der Waals surface area contributed by atoms with Crippen LogP contribution < -0.4 is 5.32 Å². The third kappa shape index (κ3) is 2.09. The minimum Gasteiger partial charge on any atom is -0.338 e. The van der Waals surface area contributed by atoms with Crippen molar-refractivity contribution in [3.05, 3.63) is 11.7 Å². The summed E-state index contributed by atoms with van der Waals surface area (Å²) >= 11 is 0. The molecule has 4 aliphatic rings. The fourth-order valence-corrected chi connectivity index (χ4v) is 5.58. The first-order chi connectivity index (χ1) is 9.63. The van der Waals surface area contributed by atoms with Crippen LogP contribution in [0.15, 0.2) is 4.52 Å². The predicted molar refractivity (Wildman–Crippen MR) is 75.9 cm³/mol. The van der Waals surface area contributed by atoms with Crippen molar-refractivity contribution in [1.82, 2.24) is 15.5 Å². The predicted octanol–water partition coefficient (Wildman–Crippen LogP) is 3.07. The van der Waals surface area contributed by atoms with Gasteiger partial charge in [-0.2, -0.15) is 4.98 Å². The van der Waals surface area contributed by atoms with Gasteiger partial charge in [-0.1, -0.05) is 5.16 Å². The SMILES string of the molecule is Cc1noc(CNC(C)C23CC4CC(CC(C4)C2)C3)n1. The summed E-state index contributed by atoms with van der Waals surface area (Å²) in [5, 5.41) is 7.53. The van der Waals surface area contributed by atoms with Crippen molar-refractivity contribution in [1.29, 1.82) is 0 Å². The number of aromatic nitrogens is 2. The first kappa shape index (κ1) is 12.8. The fourth-order valence-electron chi connectivity index (χ4n) is 5.58. The van der Waals surface area contributed by atoms with E-state index in [-0.39, 0.29) is 0 Å². The van der Waals surface area contributed by atoms with Gasteiger partial charge in [0.15, 0.2) is 5.82 Å². The highest BCUT2D eigenvalue weighted by Gasteiger charge is 2.52. The molecular weight excluding hydrogens is 250 g/mol. The lowest BCUT2D eigenvalue weighted by Crippen LogP contribution is -2.54. The summed E-state index contributed by atoms with van der Waals surface area (Å²) in [6.45, 7) is 4.95. The number of hydrogen-bond donors (Lipinski definition) is 1. The van der Waals surface area contributed by atoms with Crippen LogP contribution in [-0.2, 0) is 6.54 Å². The monoisotopic (exact) mass is 275 g/mol. The van der Waals surface area contributed by atoms with Crippen LogP contribution in [0, 0.1) is 30.1 Å². The summed E-state index contributed by atoms with van der Waals surface area (Å²) in [5.74, 6) is 4.48. The Kier molecular flexibility index (Phi) is 2.92. The van der Waals surface area contributed by atoms with E-state index in [0.29, 0.717) is 18.0 Å². The van der Waals surface area contributed by atoms with Crippen LogP contribution in [0.1, 0.15) is 57.2 Å². The Balaban J connectivity index is 1.44. The third-order valence-corrected chi connectivity index (χ3v) is 6.13. The smallest absolute Gasteiger partial charge is 0.240 e. The van der Waals surface area contributed by atoms with E-state index in [4.69, 9.17) is 4.52 Å². The largest absolute Gasteiger partial charge is 0.338 e. The zero-order chi connectivity index (χ0) is 13.7. The zero-order valence-corrected chi connectivity index (χ0v) is 12.6. The highest BCUT2D eigenvalue weighted by Crippen LogP contribution is 2.61. The van der Waals surface area contributed by atoms with E-state index in [0.717, 1.165) is 29.5 Å². The average Bonchev–Trinajstić information content (AvgIpc) is 2.80. The van der Waals surface area contributed by atoms with E-state index < -0.39 is 0 Å². The quantitative estimate of drug-likeness (QED) is 0.917. The van der Waals surface area contributed by atoms with Crippen LogP contribution in [-0.4, -0.2) is 16.2 Å². The number of hydrogen-bond acceptors (Lipinski definition) is 4. The Morgan fingerprint density at radius 3 is 2.30 bits per heavy atom. The van der Waals surface area contributed by atoms with Crippen LogP contribution >= 0.6 is 0 Å². The molecule has 4 fully saturated rings. The molecule has 0 radical (unpaired) electrons. The first-order valence-corrected chi connectivity index (χ1v) is 8.15. The Morgan fingerprint density at radius 2 is 1.80 bits per heavy atom. The molecule has 4 aliphatic carbocycles. The summed E-state index contributed by atoms with van der Waals surface area (Å²) in [4.78, 5) is 4.29. The Hall–Kier alpha value is -0.900. The second kappa shape index (κ2) is 4.55. The molecule has 0 aliphatic heterocycles. The van der Waals surface area contributed by atoms with E-state index in [1.165, 1.54) is 38.5 Å². The van der Waals surface area contributed by atoms with Crippen LogP contribution in [0.25, 0.3) is 0 Å². The molecule has 4 saturated carbocycles. The van der Waals surface area contributed by atoms with E-state index in [9.17, 15) is 0 Å². The van der Waals surface area contributed by atoms with E-state index in [1.54, 1.807) is 0 Å². The van der Waals surface area contributed by atoms with Gasteiger partial charge in [0.2, 0.25) is 5.89 Å². The van der Waals surface area contributed by atoms with Crippen molar-refractivity contribution in [2.45, 2.75) is 65.0 Å². The lowest BCUT2D eigenvalue weighted by molar-refractivity contribution is -0.0709. The number of nitrogens with one attached hydrogen (secondary N) is 1. The molecule has 0 amide bonds. The Morgan fingerprint density at radius 1 is 1.20 bits per heavy atom. The topological polar surface area (TPSA) is 51.0 Å². The molecular formula is C16H25N3O. The van der Waals surface area contributed by atoms with Crippen molar-refractivity contribution in [2.24, 2.45) is 23.2 Å². The maximum atomic E-state index is 5.21. The molecule has 4 bridgehead atoms. The van der Waals surface area contributed by atoms with Crippen LogP contribution in [0.5, 0.6) is 0 Å². The summed E-state index contributed by atoms with van der Waals surface area (Å²) in [7, 11) is 0. The lowest BCUT2D eigenvalue weighted by atomic mass is 9.48. The molecule has 110 valence electrons. The molecule has 1 aromatic heterocycles. The van der Waals surface area contributed by atoms with Gasteiger partial charge >= 0.3 is 0 Å². The summed E-state index contributed by atoms with van der Waals surface area (Å²) in [6.07, 6.45) is 8.85. The third-order valence-electron chi connectivity index (χ3n) is 6.13. The van der Waals surface area contributed by atoms with Gasteiger partial charge in [0, 0.05) is 6.04 Å². The summed E-state index contributed by atoms with van der Waals surface area (Å²) in [5.41, 5.74) is 0.545. The van der Waals surface area contributed by atoms with Gasteiger partial charge in [-0.15, -0.1) is 0 Å². The van der Waals surface area contributed by atoms with Gasteiger partial charge in [-0.3, -0.25) is 0 Å². The van der Waals surface area contributed by atoms with Crippen molar-refractivity contribution in [3.63, 3.8) is 0 Å². The molecule has 1 unspecified atom stereocenters. The molecule has 20 heavy (non-hydrogen) atoms. The van der Waals surface area contributed by atoms with Gasteiger partial charge < -0.3 is 9.84 Å². The van der Waals surface area contributed by atoms with Gasteiger partial charge in [0.05, 0.1) is 6.54 Å². The first-order valence-electron chi connectivity index (χ1n) is 8.15. The van der Waals surface area contributed by atoms with E-state index in [1.807, 2.05) is 6.92 Å². The van der Waals surface area contributed by atoms with Crippen LogP contribution in [0.2, 0.25) is 0 Å². The molecule has 4 nitrogen and oxygen atoms in total. The summed E-state index contributed by atoms with van der Waals surface area (Å²) in [6, 6.07) is 0.558. The second-order valence-corrected chi connectivity index (χ2v) is 7.62. The van der Waals surface area contributed by atoms with Crippen LogP contribution in [0.4, 0.5) is 0 Å². The van der Waals surface area contributed by atoms with E-state index in [2.05, 4.69) is 22.4 Å². The van der Waals surface area contributed by atoms with E-state index >= 15 is 0 Å². The second-order valence-electron chi connectivity index (χ2n) is 7.62. The number of nitrogens with zero attached hydrogens (tertiary/aromatic N) is 2. The molecule has 1 heterocycles. The van der Waals surface area contributed by atoms with Crippen LogP contribution in [0.3, 0.4) is 0 Å². The maximum absolute atomic E-state index is 5.21. The standard InChI is InChI=1S/C16H25N3O/c1-10(17-9-15-18-11(2)19-20-15)16-6-12-3-13(7-16)5-14(4-12)8-16/h10,12-14,17H,3-9H2,1-2H3. The molecule has 4 heteroatoms. The fraction of sp³-hybridized carbons (Fsp3) is 0.875. The van der Waals surface area contributed by atoms with Gasteiger partial charge in [0.1, 0.15) is 0 Å². The molecule has 1 N–H and O–H groups in total. The normalized spacial score (nSPS) is 40.2. The average molecular weight is 275 g/mol. The minimum absolute atomic E-state index is 0.545. The highest BCUT2D eigenvalue weighted by molar-refractivity contribution is 5.05. The number of rotatable bonds is 4. The molecule has 1 atom stereocenters. The minimum atomic E-state index is 0.545. The van der Waals surface area contributed by atoms with Gasteiger partial charge in [0.25, 0.3) is 0 Å². The summed E-state index contributed by atoms with van der Waals surface area (Å²) < 4.78 is 5.21. The zero-order valence-electron chi connectivity index (χ0n) is 12.6. The Bertz CT molecular complexity index is 460. The molecule has 0 spiro atoms. The lowest BCUT2D eigenvalue weighted by Gasteiger charge is -2.59. The van der Waals surface area contributed by atoms with Crippen molar-refractivity contribution < 1.29 is 4.52 Å². The Labute approximate surface area is 120 Å². The molecule has 0 saturated heterocycles. The van der Waals surface area contributed by atoms with Crippen molar-refractivity contribution in [2.75, 3.05) is 0 Å². The van der Waals surface area contributed by atoms with Gasteiger partial charge in [-0.05, 0) is 75.5 Å². The van der Waals surface area contributed by atoms with Gasteiger partial charge in [-0.25, -0.2) is 0 Å². The molecule has 1 aromatic rings. The maximum Gasteiger partial charge on any atom is 0.240 e. The molecule has 0 aromatic carbocycles. The number of aryl methyl sites for hydroxylation is 1. The van der Waals surface area contributed by atoms with Crippen molar-refractivity contribution >= 4 is 0 Å². The molecule has 5 rings (SSSR count).